The molecule has 0 radical (unpaired) electrons. The second-order valence-corrected chi connectivity index (χ2v) is 7.63. The first-order valence-electron chi connectivity index (χ1n) is 9.05. The van der Waals surface area contributed by atoms with E-state index in [2.05, 4.69) is 22.3 Å². The minimum Gasteiger partial charge on any atom is -0.379 e. The molecule has 1 aliphatic heterocycles. The lowest BCUT2D eigenvalue weighted by Gasteiger charge is -2.34. The van der Waals surface area contributed by atoms with Gasteiger partial charge in [-0.05, 0) is 23.8 Å². The fourth-order valence-electron chi connectivity index (χ4n) is 3.44. The van der Waals surface area contributed by atoms with E-state index >= 15 is 0 Å². The van der Waals surface area contributed by atoms with Crippen molar-refractivity contribution in [3.05, 3.63) is 70.9 Å². The maximum absolute atomic E-state index is 13.9. The van der Waals surface area contributed by atoms with Crippen LogP contribution in [0.1, 0.15) is 21.3 Å². The molecule has 1 aromatic heterocycles. The quantitative estimate of drug-likeness (QED) is 0.727. The molecule has 6 heteroatoms. The van der Waals surface area contributed by atoms with Crippen molar-refractivity contribution in [1.29, 1.82) is 0 Å². The third kappa shape index (κ3) is 4.03. The van der Waals surface area contributed by atoms with Gasteiger partial charge in [0.2, 0.25) is 0 Å². The highest BCUT2D eigenvalue weighted by molar-refractivity contribution is 7.20. The molecule has 1 N–H and O–H groups in total. The van der Waals surface area contributed by atoms with E-state index < -0.39 is 0 Å². The normalized spacial score (nSPS) is 16.3. The van der Waals surface area contributed by atoms with Gasteiger partial charge in [0.1, 0.15) is 5.82 Å². The third-order valence-electron chi connectivity index (χ3n) is 4.86. The third-order valence-corrected chi connectivity index (χ3v) is 5.96. The average Bonchev–Trinajstić information content (AvgIpc) is 3.16. The van der Waals surface area contributed by atoms with Crippen molar-refractivity contribution in [3.63, 3.8) is 0 Å². The van der Waals surface area contributed by atoms with Crippen LogP contribution >= 0.6 is 11.3 Å². The summed E-state index contributed by atoms with van der Waals surface area (Å²) < 4.78 is 20.1. The zero-order valence-corrected chi connectivity index (χ0v) is 15.7. The van der Waals surface area contributed by atoms with Crippen LogP contribution in [0.25, 0.3) is 10.1 Å². The lowest BCUT2D eigenvalue weighted by molar-refractivity contribution is 0.0162. The molecule has 0 saturated carbocycles. The van der Waals surface area contributed by atoms with Gasteiger partial charge >= 0.3 is 0 Å². The Labute approximate surface area is 161 Å². The monoisotopic (exact) mass is 384 g/mol. The van der Waals surface area contributed by atoms with Crippen LogP contribution in [-0.2, 0) is 4.74 Å². The van der Waals surface area contributed by atoms with Crippen LogP contribution in [0, 0.1) is 5.82 Å². The van der Waals surface area contributed by atoms with Gasteiger partial charge in [-0.25, -0.2) is 4.39 Å². The van der Waals surface area contributed by atoms with Crippen molar-refractivity contribution < 1.29 is 13.9 Å². The van der Waals surface area contributed by atoms with Crippen LogP contribution in [0.5, 0.6) is 0 Å². The lowest BCUT2D eigenvalue weighted by atomic mass is 10.0. The first-order valence-corrected chi connectivity index (χ1v) is 9.87. The van der Waals surface area contributed by atoms with Crippen molar-refractivity contribution in [2.75, 3.05) is 32.8 Å². The summed E-state index contributed by atoms with van der Waals surface area (Å²) in [6.07, 6.45) is 0. The molecule has 140 valence electrons. The smallest absolute Gasteiger partial charge is 0.261 e. The number of fused-ring (bicyclic) bond motifs is 1. The SMILES string of the molecule is O=C(NCC(c1ccccc1)N1CCOCC1)c1cc2c(F)cccc2s1. The number of carbonyl (C=O) groups is 1. The second-order valence-electron chi connectivity index (χ2n) is 6.55. The molecule has 2 aromatic carbocycles. The summed E-state index contributed by atoms with van der Waals surface area (Å²) in [4.78, 5) is 15.5. The molecule has 1 unspecified atom stereocenters. The topological polar surface area (TPSA) is 41.6 Å². The van der Waals surface area contributed by atoms with E-state index in [9.17, 15) is 9.18 Å². The molecule has 3 aromatic rings. The first kappa shape index (κ1) is 18.1. The van der Waals surface area contributed by atoms with Crippen molar-refractivity contribution in [2.45, 2.75) is 6.04 Å². The standard InChI is InChI=1S/C21H21FN2O2S/c22-17-7-4-8-19-16(17)13-20(27-19)21(25)23-14-18(15-5-2-1-3-6-15)24-9-11-26-12-10-24/h1-8,13,18H,9-12,14H2,(H,23,25). The van der Waals surface area contributed by atoms with Crippen molar-refractivity contribution in [2.24, 2.45) is 0 Å². The number of nitrogens with zero attached hydrogens (tertiary/aromatic N) is 1. The van der Waals surface area contributed by atoms with Gasteiger partial charge in [0, 0.05) is 29.7 Å². The van der Waals surface area contributed by atoms with Crippen LogP contribution in [0.3, 0.4) is 0 Å². The number of hydrogen-bond acceptors (Lipinski definition) is 4. The van der Waals surface area contributed by atoms with Crippen LogP contribution in [0.4, 0.5) is 4.39 Å². The lowest BCUT2D eigenvalue weighted by Crippen LogP contribution is -2.43. The van der Waals surface area contributed by atoms with Gasteiger partial charge < -0.3 is 10.1 Å². The summed E-state index contributed by atoms with van der Waals surface area (Å²) in [5.41, 5.74) is 1.17. The molecule has 1 saturated heterocycles. The summed E-state index contributed by atoms with van der Waals surface area (Å²) >= 11 is 1.32. The van der Waals surface area contributed by atoms with E-state index in [4.69, 9.17) is 4.74 Å². The van der Waals surface area contributed by atoms with Crippen LogP contribution in [0.15, 0.2) is 54.6 Å². The van der Waals surface area contributed by atoms with E-state index in [0.29, 0.717) is 30.0 Å². The number of halogens is 1. The molecule has 27 heavy (non-hydrogen) atoms. The Hall–Kier alpha value is -2.28. The fraction of sp³-hybridized carbons (Fsp3) is 0.286. The van der Waals surface area contributed by atoms with Gasteiger partial charge in [0.25, 0.3) is 5.91 Å². The number of morpholine rings is 1. The number of carbonyl (C=O) groups excluding carboxylic acids is 1. The van der Waals surface area contributed by atoms with Crippen LogP contribution < -0.4 is 5.32 Å². The summed E-state index contributed by atoms with van der Waals surface area (Å²) in [7, 11) is 0. The molecule has 1 fully saturated rings. The van der Waals surface area contributed by atoms with Gasteiger partial charge in [0.05, 0.1) is 24.1 Å². The zero-order valence-electron chi connectivity index (χ0n) is 14.9. The minimum atomic E-state index is -0.293. The fourth-order valence-corrected chi connectivity index (χ4v) is 4.43. The number of hydrogen-bond donors (Lipinski definition) is 1. The zero-order chi connectivity index (χ0) is 18.6. The summed E-state index contributed by atoms with van der Waals surface area (Å²) in [5.74, 6) is -0.455. The van der Waals surface area contributed by atoms with Crippen molar-refractivity contribution >= 4 is 27.3 Å². The largest absolute Gasteiger partial charge is 0.379 e. The molecule has 2 heterocycles. The number of ether oxygens (including phenoxy) is 1. The molecular formula is C21H21FN2O2S. The van der Waals surface area contributed by atoms with Gasteiger partial charge in [0.15, 0.2) is 0 Å². The molecule has 1 atom stereocenters. The Morgan fingerprint density at radius 1 is 1.15 bits per heavy atom. The number of nitrogens with one attached hydrogen (secondary N) is 1. The first-order chi connectivity index (χ1) is 13.2. The summed E-state index contributed by atoms with van der Waals surface area (Å²) in [5, 5.41) is 3.54. The van der Waals surface area contributed by atoms with Crippen molar-refractivity contribution in [3.8, 4) is 0 Å². The van der Waals surface area contributed by atoms with Gasteiger partial charge in [-0.1, -0.05) is 36.4 Å². The van der Waals surface area contributed by atoms with Gasteiger partial charge in [-0.15, -0.1) is 11.3 Å². The molecular weight excluding hydrogens is 363 g/mol. The number of rotatable bonds is 5. The Morgan fingerprint density at radius 3 is 2.67 bits per heavy atom. The van der Waals surface area contributed by atoms with Gasteiger partial charge in [-0.3, -0.25) is 9.69 Å². The van der Waals surface area contributed by atoms with E-state index in [-0.39, 0.29) is 17.8 Å². The van der Waals surface area contributed by atoms with Crippen molar-refractivity contribution in [1.82, 2.24) is 10.2 Å². The number of amides is 1. The maximum atomic E-state index is 13.9. The van der Waals surface area contributed by atoms with E-state index in [0.717, 1.165) is 17.8 Å². The highest BCUT2D eigenvalue weighted by atomic mass is 32.1. The summed E-state index contributed by atoms with van der Waals surface area (Å²) in [6, 6.07) is 16.8. The highest BCUT2D eigenvalue weighted by Gasteiger charge is 2.23. The summed E-state index contributed by atoms with van der Waals surface area (Å²) in [6.45, 7) is 3.58. The molecule has 4 rings (SSSR count). The molecule has 1 amide bonds. The Kier molecular flexibility index (Phi) is 5.48. The maximum Gasteiger partial charge on any atom is 0.261 e. The molecule has 0 spiro atoms. The predicted octanol–water partition coefficient (Wildman–Crippen LogP) is 3.84. The molecule has 0 aliphatic carbocycles. The highest BCUT2D eigenvalue weighted by Crippen LogP contribution is 2.28. The number of benzene rings is 2. The van der Waals surface area contributed by atoms with E-state index in [1.807, 2.05) is 24.3 Å². The van der Waals surface area contributed by atoms with Gasteiger partial charge in [-0.2, -0.15) is 0 Å². The van der Waals surface area contributed by atoms with Crippen LogP contribution in [-0.4, -0.2) is 43.7 Å². The Morgan fingerprint density at radius 2 is 1.93 bits per heavy atom. The van der Waals surface area contributed by atoms with E-state index in [1.54, 1.807) is 12.1 Å². The molecule has 4 nitrogen and oxygen atoms in total. The molecule has 1 aliphatic rings. The molecule has 0 bridgehead atoms. The predicted molar refractivity (Wildman–Crippen MR) is 106 cm³/mol. The Bertz CT molecular complexity index is 922. The van der Waals surface area contributed by atoms with Crippen LogP contribution in [0.2, 0.25) is 0 Å². The average molecular weight is 384 g/mol. The Balaban J connectivity index is 1.50. The number of thiophene rings is 1. The van der Waals surface area contributed by atoms with E-state index in [1.165, 1.54) is 23.0 Å². The second kappa shape index (κ2) is 8.17. The minimum absolute atomic E-state index is 0.0881.